The van der Waals surface area contributed by atoms with E-state index < -0.39 is 15.7 Å². The summed E-state index contributed by atoms with van der Waals surface area (Å²) < 4.78 is 28.7. The summed E-state index contributed by atoms with van der Waals surface area (Å²) in [6.07, 6.45) is 5.69. The number of fused-ring (bicyclic) bond motifs is 1. The maximum Gasteiger partial charge on any atom is 0.264 e. The second-order valence-electron chi connectivity index (χ2n) is 9.63. The van der Waals surface area contributed by atoms with E-state index in [-0.39, 0.29) is 12.5 Å². The molecule has 1 aromatic heterocycles. The van der Waals surface area contributed by atoms with E-state index in [9.17, 15) is 13.5 Å². The van der Waals surface area contributed by atoms with Gasteiger partial charge in [0.1, 0.15) is 0 Å². The van der Waals surface area contributed by atoms with Gasteiger partial charge in [0.25, 0.3) is 10.1 Å². The number of nitrogens with zero attached hydrogens (tertiary/aromatic N) is 1. The molecular weight excluding hydrogens is 506 g/mol. The Morgan fingerprint density at radius 2 is 1.76 bits per heavy atom. The molecule has 2 unspecified atom stereocenters. The minimum absolute atomic E-state index is 0.0517. The van der Waals surface area contributed by atoms with Crippen LogP contribution < -0.4 is 0 Å². The van der Waals surface area contributed by atoms with Gasteiger partial charge in [0.05, 0.1) is 29.7 Å². The van der Waals surface area contributed by atoms with Crippen LogP contribution in [0.5, 0.6) is 0 Å². The molecule has 1 heterocycles. The molecule has 0 radical (unpaired) electrons. The molecule has 0 aliphatic carbocycles. The van der Waals surface area contributed by atoms with Crippen molar-refractivity contribution in [3.05, 3.63) is 112 Å². The first-order valence-corrected chi connectivity index (χ1v) is 14.2. The lowest BCUT2D eigenvalue weighted by Gasteiger charge is -2.29. The van der Waals surface area contributed by atoms with Crippen LogP contribution in [0.15, 0.2) is 84.9 Å². The fraction of sp³-hybridized carbons (Fsp3) is 0.233. The number of hydrogen-bond donors (Lipinski definition) is 1. The van der Waals surface area contributed by atoms with Crippen LogP contribution in [0.3, 0.4) is 0 Å². The molecule has 5 nitrogen and oxygen atoms in total. The zero-order valence-electron chi connectivity index (χ0n) is 20.8. The van der Waals surface area contributed by atoms with Gasteiger partial charge < -0.3 is 5.11 Å². The summed E-state index contributed by atoms with van der Waals surface area (Å²) in [6, 6.07) is 27.1. The predicted molar refractivity (Wildman–Crippen MR) is 151 cm³/mol. The molecular formula is C30H30ClNO4S. The molecule has 37 heavy (non-hydrogen) atoms. The van der Waals surface area contributed by atoms with Crippen molar-refractivity contribution in [2.24, 2.45) is 0 Å². The molecule has 0 bridgehead atoms. The molecule has 2 atom stereocenters. The third kappa shape index (κ3) is 8.23. The minimum atomic E-state index is -3.63. The molecule has 3 aromatic carbocycles. The zero-order valence-corrected chi connectivity index (χ0v) is 22.4. The number of rotatable bonds is 10. The number of aliphatic hydroxyl groups is 1. The van der Waals surface area contributed by atoms with Crippen molar-refractivity contribution < 1.29 is 17.7 Å². The average Bonchev–Trinajstić information content (AvgIpc) is 2.85. The third-order valence-corrected chi connectivity index (χ3v) is 6.90. The molecule has 0 spiro atoms. The van der Waals surface area contributed by atoms with Crippen LogP contribution in [0, 0.1) is 0 Å². The predicted octanol–water partition coefficient (Wildman–Crippen LogP) is 6.50. The summed E-state index contributed by atoms with van der Waals surface area (Å²) >= 11 is 6.11. The number of halogens is 1. The van der Waals surface area contributed by atoms with Gasteiger partial charge in [-0.15, -0.1) is 0 Å². The molecule has 192 valence electrons. The Bertz CT molecular complexity index is 1500. The monoisotopic (exact) mass is 535 g/mol. The van der Waals surface area contributed by atoms with Crippen molar-refractivity contribution >= 4 is 44.8 Å². The number of pyridine rings is 1. The largest absolute Gasteiger partial charge is 0.390 e. The van der Waals surface area contributed by atoms with Crippen LogP contribution in [-0.4, -0.2) is 37.0 Å². The topological polar surface area (TPSA) is 76.5 Å². The third-order valence-electron chi connectivity index (χ3n) is 6.10. The van der Waals surface area contributed by atoms with E-state index in [1.165, 1.54) is 0 Å². The van der Waals surface area contributed by atoms with E-state index >= 15 is 0 Å². The Hall–Kier alpha value is -3.03. The van der Waals surface area contributed by atoms with Gasteiger partial charge in [-0.25, -0.2) is 4.98 Å². The summed E-state index contributed by atoms with van der Waals surface area (Å²) in [5.74, 6) is -0.331. The van der Waals surface area contributed by atoms with Gasteiger partial charge in [0.2, 0.25) is 0 Å². The Morgan fingerprint density at radius 1 is 1.00 bits per heavy atom. The lowest BCUT2D eigenvalue weighted by molar-refractivity contribution is 0.0383. The second kappa shape index (κ2) is 11.6. The van der Waals surface area contributed by atoms with Crippen molar-refractivity contribution in [1.82, 2.24) is 4.98 Å². The van der Waals surface area contributed by atoms with Crippen LogP contribution in [-0.2, 0) is 20.7 Å². The van der Waals surface area contributed by atoms with Crippen LogP contribution >= 0.6 is 11.6 Å². The van der Waals surface area contributed by atoms with Crippen molar-refractivity contribution in [1.29, 1.82) is 0 Å². The van der Waals surface area contributed by atoms with Gasteiger partial charge >= 0.3 is 0 Å². The number of benzene rings is 3. The molecule has 1 N–H and O–H groups in total. The fourth-order valence-electron chi connectivity index (χ4n) is 4.41. The van der Waals surface area contributed by atoms with Crippen LogP contribution in [0.2, 0.25) is 5.02 Å². The van der Waals surface area contributed by atoms with Crippen LogP contribution in [0.25, 0.3) is 23.1 Å². The Balaban J connectivity index is 1.57. The van der Waals surface area contributed by atoms with Gasteiger partial charge in [-0.05, 0) is 54.3 Å². The highest BCUT2D eigenvalue weighted by Crippen LogP contribution is 2.30. The summed E-state index contributed by atoms with van der Waals surface area (Å²) in [5.41, 5.74) is 3.38. The van der Waals surface area contributed by atoms with Crippen molar-refractivity contribution in [2.45, 2.75) is 31.3 Å². The lowest BCUT2D eigenvalue weighted by atomic mass is 9.83. The summed E-state index contributed by atoms with van der Waals surface area (Å²) in [4.78, 5) is 4.66. The summed E-state index contributed by atoms with van der Waals surface area (Å²) in [6.45, 7) is 1.72. The quantitative estimate of drug-likeness (QED) is 0.234. The van der Waals surface area contributed by atoms with Crippen molar-refractivity contribution in [2.75, 3.05) is 12.9 Å². The Kier molecular flexibility index (Phi) is 8.45. The number of aromatic nitrogens is 1. The van der Waals surface area contributed by atoms with Crippen molar-refractivity contribution in [3.8, 4) is 0 Å². The van der Waals surface area contributed by atoms with Gasteiger partial charge in [0, 0.05) is 22.7 Å². The molecule has 0 fully saturated rings. The van der Waals surface area contributed by atoms with Gasteiger partial charge in [-0.3, -0.25) is 4.18 Å². The van der Waals surface area contributed by atoms with E-state index in [0.717, 1.165) is 39.5 Å². The van der Waals surface area contributed by atoms with Crippen LogP contribution in [0.1, 0.15) is 41.6 Å². The van der Waals surface area contributed by atoms with E-state index in [1.807, 2.05) is 97.1 Å². The molecule has 4 aromatic rings. The highest BCUT2D eigenvalue weighted by atomic mass is 35.5. The van der Waals surface area contributed by atoms with Gasteiger partial charge in [-0.1, -0.05) is 84.4 Å². The van der Waals surface area contributed by atoms with E-state index in [2.05, 4.69) is 4.98 Å². The van der Waals surface area contributed by atoms with Crippen LogP contribution in [0.4, 0.5) is 0 Å². The smallest absolute Gasteiger partial charge is 0.264 e. The highest BCUT2D eigenvalue weighted by Gasteiger charge is 2.28. The molecule has 0 aliphatic heterocycles. The maximum atomic E-state index is 11.8. The molecule has 4 rings (SSSR count). The van der Waals surface area contributed by atoms with Gasteiger partial charge in [-0.2, -0.15) is 8.42 Å². The summed E-state index contributed by atoms with van der Waals surface area (Å²) in [5, 5.41) is 12.9. The first-order chi connectivity index (χ1) is 17.6. The van der Waals surface area contributed by atoms with E-state index in [4.69, 9.17) is 15.8 Å². The average molecular weight is 536 g/mol. The molecule has 7 heteroatoms. The molecule has 0 saturated heterocycles. The number of hydrogen-bond acceptors (Lipinski definition) is 5. The SMILES string of the molecule is CC(O)(Cc1ccccc1)CC(COS(C)(=O)=O)c1cccc(C=Cc2ccc3ccc(Cl)cc3n2)c1. The lowest BCUT2D eigenvalue weighted by Crippen LogP contribution is -2.31. The van der Waals surface area contributed by atoms with E-state index in [1.54, 1.807) is 6.92 Å². The first kappa shape index (κ1) is 27.0. The molecule has 0 saturated carbocycles. The molecule has 0 amide bonds. The normalized spacial score (nSPS) is 14.6. The van der Waals surface area contributed by atoms with E-state index in [0.29, 0.717) is 17.9 Å². The zero-order chi connectivity index (χ0) is 26.5. The minimum Gasteiger partial charge on any atom is -0.390 e. The Labute approximate surface area is 223 Å². The highest BCUT2D eigenvalue weighted by molar-refractivity contribution is 7.85. The molecule has 0 aliphatic rings. The standard InChI is InChI=1S/C30H30ClNO4S/c1-30(33,19-23-7-4-3-5-8-23)20-26(21-36-37(2,34)35)25-10-6-9-22(17-25)11-15-28-16-13-24-12-14-27(31)18-29(24)32-28/h3-18,26,33H,19-21H2,1-2H3. The maximum absolute atomic E-state index is 11.8. The summed E-state index contributed by atoms with van der Waals surface area (Å²) in [7, 11) is -3.63. The first-order valence-electron chi connectivity index (χ1n) is 12.0. The van der Waals surface area contributed by atoms with Gasteiger partial charge in [0.15, 0.2) is 0 Å². The van der Waals surface area contributed by atoms with Crippen molar-refractivity contribution in [3.63, 3.8) is 0 Å². The fourth-order valence-corrected chi connectivity index (χ4v) is 4.99. The second-order valence-corrected chi connectivity index (χ2v) is 11.7. The Morgan fingerprint density at radius 3 is 2.51 bits per heavy atom.